The number of nitrogens with one attached hydrogen (secondary N) is 1. The fraction of sp³-hybridized carbons (Fsp3) is 0.333. The van der Waals surface area contributed by atoms with Gasteiger partial charge in [0.1, 0.15) is 6.04 Å². The van der Waals surface area contributed by atoms with Crippen molar-refractivity contribution in [3.05, 3.63) is 35.4 Å². The molecule has 4 nitrogen and oxygen atoms in total. The summed E-state index contributed by atoms with van der Waals surface area (Å²) in [7, 11) is 0. The standard InChI is InChI=1S/C12H14F2N2O2/c1-6(2)10(11(15)17)16-12(18)7-4-3-5-8(13)9(7)14/h3-6,10H,1-2H3,(H2,15,17)(H,16,18)/t10-/m0/s1. The molecule has 2 amide bonds. The number of rotatable bonds is 4. The molecule has 18 heavy (non-hydrogen) atoms. The smallest absolute Gasteiger partial charge is 0.255 e. The lowest BCUT2D eigenvalue weighted by Crippen LogP contribution is -2.47. The number of hydrogen-bond acceptors (Lipinski definition) is 2. The Balaban J connectivity index is 2.94. The van der Waals surface area contributed by atoms with Gasteiger partial charge in [-0.15, -0.1) is 0 Å². The van der Waals surface area contributed by atoms with Crippen LogP contribution in [0.2, 0.25) is 0 Å². The Morgan fingerprint density at radius 1 is 1.28 bits per heavy atom. The van der Waals surface area contributed by atoms with Crippen LogP contribution >= 0.6 is 0 Å². The molecule has 1 aromatic carbocycles. The summed E-state index contributed by atoms with van der Waals surface area (Å²) in [6, 6.07) is 2.31. The number of carbonyl (C=O) groups excluding carboxylic acids is 2. The predicted molar refractivity (Wildman–Crippen MR) is 61.6 cm³/mol. The molecule has 1 atom stereocenters. The van der Waals surface area contributed by atoms with Crippen LogP contribution in [-0.4, -0.2) is 17.9 Å². The minimum Gasteiger partial charge on any atom is -0.368 e. The van der Waals surface area contributed by atoms with Gasteiger partial charge < -0.3 is 11.1 Å². The lowest BCUT2D eigenvalue weighted by atomic mass is 10.0. The normalized spacial score (nSPS) is 12.3. The number of halogens is 2. The number of carbonyl (C=O) groups is 2. The molecule has 3 N–H and O–H groups in total. The van der Waals surface area contributed by atoms with Crippen molar-refractivity contribution in [2.45, 2.75) is 19.9 Å². The first kappa shape index (κ1) is 14.1. The highest BCUT2D eigenvalue weighted by atomic mass is 19.2. The highest BCUT2D eigenvalue weighted by Crippen LogP contribution is 2.12. The molecule has 0 aromatic heterocycles. The third-order valence-corrected chi connectivity index (χ3v) is 2.46. The van der Waals surface area contributed by atoms with E-state index in [-0.39, 0.29) is 5.92 Å². The van der Waals surface area contributed by atoms with Crippen LogP contribution in [0.3, 0.4) is 0 Å². The molecule has 1 aromatic rings. The monoisotopic (exact) mass is 256 g/mol. The van der Waals surface area contributed by atoms with Crippen molar-refractivity contribution in [2.24, 2.45) is 11.7 Å². The van der Waals surface area contributed by atoms with Gasteiger partial charge in [0, 0.05) is 0 Å². The van der Waals surface area contributed by atoms with Gasteiger partial charge >= 0.3 is 0 Å². The number of nitrogens with two attached hydrogens (primary N) is 1. The zero-order valence-corrected chi connectivity index (χ0v) is 10.0. The van der Waals surface area contributed by atoms with Crippen LogP contribution in [0.4, 0.5) is 8.78 Å². The van der Waals surface area contributed by atoms with Crippen molar-refractivity contribution in [2.75, 3.05) is 0 Å². The van der Waals surface area contributed by atoms with Gasteiger partial charge in [0.2, 0.25) is 5.91 Å². The Morgan fingerprint density at radius 3 is 2.39 bits per heavy atom. The van der Waals surface area contributed by atoms with E-state index in [2.05, 4.69) is 5.32 Å². The Labute approximate surface area is 103 Å². The van der Waals surface area contributed by atoms with Crippen molar-refractivity contribution in [3.8, 4) is 0 Å². The lowest BCUT2D eigenvalue weighted by molar-refractivity contribution is -0.120. The van der Waals surface area contributed by atoms with Crippen LogP contribution in [0.25, 0.3) is 0 Å². The van der Waals surface area contributed by atoms with Gasteiger partial charge in [-0.2, -0.15) is 0 Å². The Morgan fingerprint density at radius 2 is 1.89 bits per heavy atom. The first-order chi connectivity index (χ1) is 8.34. The van der Waals surface area contributed by atoms with E-state index in [1.807, 2.05) is 0 Å². The molecule has 0 saturated heterocycles. The van der Waals surface area contributed by atoms with E-state index in [0.717, 1.165) is 12.1 Å². The largest absolute Gasteiger partial charge is 0.368 e. The average Bonchev–Trinajstić information content (AvgIpc) is 2.28. The third kappa shape index (κ3) is 3.03. The zero-order valence-electron chi connectivity index (χ0n) is 10.0. The molecule has 1 rings (SSSR count). The molecular weight excluding hydrogens is 242 g/mol. The minimum atomic E-state index is -1.25. The topological polar surface area (TPSA) is 72.2 Å². The number of hydrogen-bond donors (Lipinski definition) is 2. The van der Waals surface area contributed by atoms with E-state index < -0.39 is 35.1 Å². The van der Waals surface area contributed by atoms with E-state index in [0.29, 0.717) is 0 Å². The van der Waals surface area contributed by atoms with Crippen molar-refractivity contribution in [1.82, 2.24) is 5.32 Å². The molecule has 0 saturated carbocycles. The molecule has 0 aliphatic heterocycles. The molecule has 98 valence electrons. The molecule has 6 heteroatoms. The maximum absolute atomic E-state index is 13.4. The maximum Gasteiger partial charge on any atom is 0.255 e. The van der Waals surface area contributed by atoms with Crippen LogP contribution in [-0.2, 0) is 4.79 Å². The van der Waals surface area contributed by atoms with Gasteiger partial charge in [0.15, 0.2) is 11.6 Å². The first-order valence-electron chi connectivity index (χ1n) is 5.38. The number of benzene rings is 1. The SMILES string of the molecule is CC(C)[C@H](NC(=O)c1cccc(F)c1F)C(N)=O. The predicted octanol–water partition coefficient (Wildman–Crippen LogP) is 1.20. The van der Waals surface area contributed by atoms with E-state index in [1.54, 1.807) is 13.8 Å². The molecular formula is C12H14F2N2O2. The van der Waals surface area contributed by atoms with Gasteiger partial charge in [0.25, 0.3) is 5.91 Å². The lowest BCUT2D eigenvalue weighted by Gasteiger charge is -2.19. The molecule has 0 radical (unpaired) electrons. The van der Waals surface area contributed by atoms with Gasteiger partial charge in [-0.05, 0) is 18.1 Å². The average molecular weight is 256 g/mol. The van der Waals surface area contributed by atoms with E-state index in [1.165, 1.54) is 6.07 Å². The summed E-state index contributed by atoms with van der Waals surface area (Å²) in [5.74, 6) is -4.22. The van der Waals surface area contributed by atoms with Crippen LogP contribution in [0, 0.1) is 17.6 Å². The molecule has 0 bridgehead atoms. The van der Waals surface area contributed by atoms with Crippen LogP contribution < -0.4 is 11.1 Å². The highest BCUT2D eigenvalue weighted by Gasteiger charge is 2.24. The number of amides is 2. The van der Waals surface area contributed by atoms with Gasteiger partial charge in [-0.3, -0.25) is 9.59 Å². The Kier molecular flexibility index (Phi) is 4.36. The van der Waals surface area contributed by atoms with Crippen molar-refractivity contribution in [3.63, 3.8) is 0 Å². The van der Waals surface area contributed by atoms with Gasteiger partial charge in [-0.25, -0.2) is 8.78 Å². The van der Waals surface area contributed by atoms with Crippen molar-refractivity contribution >= 4 is 11.8 Å². The van der Waals surface area contributed by atoms with Crippen LogP contribution in [0.1, 0.15) is 24.2 Å². The molecule has 0 aliphatic rings. The molecule has 0 aliphatic carbocycles. The van der Waals surface area contributed by atoms with E-state index in [9.17, 15) is 18.4 Å². The fourth-order valence-electron chi connectivity index (χ4n) is 1.46. The summed E-state index contributed by atoms with van der Waals surface area (Å²) in [6.07, 6.45) is 0. The summed E-state index contributed by atoms with van der Waals surface area (Å²) in [5.41, 5.74) is 4.65. The molecule has 0 unspecified atom stereocenters. The second kappa shape index (κ2) is 5.57. The van der Waals surface area contributed by atoms with Gasteiger partial charge in [0.05, 0.1) is 5.56 Å². The summed E-state index contributed by atoms with van der Waals surface area (Å²) >= 11 is 0. The fourth-order valence-corrected chi connectivity index (χ4v) is 1.46. The zero-order chi connectivity index (χ0) is 13.9. The molecule has 0 fully saturated rings. The van der Waals surface area contributed by atoms with Crippen molar-refractivity contribution in [1.29, 1.82) is 0 Å². The summed E-state index contributed by atoms with van der Waals surface area (Å²) < 4.78 is 26.3. The number of primary amides is 1. The minimum absolute atomic E-state index is 0.247. The molecule has 0 spiro atoms. The van der Waals surface area contributed by atoms with Crippen LogP contribution in [0.5, 0.6) is 0 Å². The quantitative estimate of drug-likeness (QED) is 0.849. The van der Waals surface area contributed by atoms with Gasteiger partial charge in [-0.1, -0.05) is 19.9 Å². The second-order valence-corrected chi connectivity index (χ2v) is 4.20. The summed E-state index contributed by atoms with van der Waals surface area (Å²) in [6.45, 7) is 3.36. The Bertz CT molecular complexity index is 475. The summed E-state index contributed by atoms with van der Waals surface area (Å²) in [4.78, 5) is 22.8. The van der Waals surface area contributed by atoms with Crippen LogP contribution in [0.15, 0.2) is 18.2 Å². The van der Waals surface area contributed by atoms with E-state index >= 15 is 0 Å². The summed E-state index contributed by atoms with van der Waals surface area (Å²) in [5, 5.41) is 2.28. The third-order valence-electron chi connectivity index (χ3n) is 2.46. The first-order valence-corrected chi connectivity index (χ1v) is 5.38. The Hall–Kier alpha value is -1.98. The second-order valence-electron chi connectivity index (χ2n) is 4.20. The maximum atomic E-state index is 13.4. The van der Waals surface area contributed by atoms with E-state index in [4.69, 9.17) is 5.73 Å². The molecule has 0 heterocycles. The van der Waals surface area contributed by atoms with Crippen molar-refractivity contribution < 1.29 is 18.4 Å². The highest BCUT2D eigenvalue weighted by molar-refractivity contribution is 5.97.